The Morgan fingerprint density at radius 3 is 2.88 bits per heavy atom. The number of hydrogen-bond donors (Lipinski definition) is 0. The molecule has 0 fully saturated rings. The molecule has 0 amide bonds. The van der Waals surface area contributed by atoms with Crippen LogP contribution in [0.4, 0.5) is 0 Å². The average molecular weight is 236 g/mol. The van der Waals surface area contributed by atoms with Crippen molar-refractivity contribution in [2.45, 2.75) is 20.0 Å². The molecule has 5 nitrogen and oxygen atoms in total. The number of carbonyl (C=O) groups excluding carboxylic acids is 1. The molecule has 0 saturated heterocycles. The SMILES string of the molecule is CCOCC(C)OC(=O)c1cc(C#N)cn1C. The fourth-order valence-electron chi connectivity index (χ4n) is 1.39. The van der Waals surface area contributed by atoms with Crippen molar-refractivity contribution in [2.24, 2.45) is 7.05 Å². The van der Waals surface area contributed by atoms with Crippen LogP contribution in [-0.4, -0.2) is 29.9 Å². The van der Waals surface area contributed by atoms with Crippen molar-refractivity contribution in [1.29, 1.82) is 5.26 Å². The Morgan fingerprint density at radius 1 is 1.65 bits per heavy atom. The smallest absolute Gasteiger partial charge is 0.355 e. The lowest BCUT2D eigenvalue weighted by molar-refractivity contribution is 0.00357. The van der Waals surface area contributed by atoms with E-state index in [4.69, 9.17) is 14.7 Å². The van der Waals surface area contributed by atoms with Gasteiger partial charge in [-0.15, -0.1) is 0 Å². The van der Waals surface area contributed by atoms with Crippen molar-refractivity contribution in [1.82, 2.24) is 4.57 Å². The van der Waals surface area contributed by atoms with E-state index in [0.29, 0.717) is 24.5 Å². The zero-order valence-corrected chi connectivity index (χ0v) is 10.3. The van der Waals surface area contributed by atoms with Crippen LogP contribution in [0.5, 0.6) is 0 Å². The fraction of sp³-hybridized carbons (Fsp3) is 0.500. The number of ether oxygens (including phenoxy) is 2. The second-order valence-corrected chi connectivity index (χ2v) is 3.71. The summed E-state index contributed by atoms with van der Waals surface area (Å²) in [7, 11) is 1.70. The molecule has 1 aromatic rings. The van der Waals surface area contributed by atoms with E-state index in [2.05, 4.69) is 0 Å². The number of aromatic nitrogens is 1. The molecule has 0 aliphatic heterocycles. The second-order valence-electron chi connectivity index (χ2n) is 3.71. The summed E-state index contributed by atoms with van der Waals surface area (Å²) in [4.78, 5) is 11.8. The lowest BCUT2D eigenvalue weighted by Gasteiger charge is -2.13. The van der Waals surface area contributed by atoms with Gasteiger partial charge >= 0.3 is 5.97 Å². The molecule has 5 heteroatoms. The Hall–Kier alpha value is -1.80. The summed E-state index contributed by atoms with van der Waals surface area (Å²) in [6.45, 7) is 4.61. The molecule has 0 aliphatic carbocycles. The van der Waals surface area contributed by atoms with Crippen LogP contribution in [0.3, 0.4) is 0 Å². The molecular weight excluding hydrogens is 220 g/mol. The zero-order valence-electron chi connectivity index (χ0n) is 10.3. The van der Waals surface area contributed by atoms with Gasteiger partial charge in [-0.2, -0.15) is 5.26 Å². The minimum absolute atomic E-state index is 0.303. The summed E-state index contributed by atoms with van der Waals surface area (Å²) >= 11 is 0. The molecule has 1 atom stereocenters. The Balaban J connectivity index is 2.63. The van der Waals surface area contributed by atoms with Crippen LogP contribution in [0, 0.1) is 11.3 Å². The van der Waals surface area contributed by atoms with E-state index in [9.17, 15) is 4.79 Å². The first-order valence-corrected chi connectivity index (χ1v) is 5.43. The number of esters is 1. The fourth-order valence-corrected chi connectivity index (χ4v) is 1.39. The summed E-state index contributed by atoms with van der Waals surface area (Å²) in [6.07, 6.45) is 1.28. The van der Waals surface area contributed by atoms with Gasteiger partial charge in [0.1, 0.15) is 17.9 Å². The summed E-state index contributed by atoms with van der Waals surface area (Å²) < 4.78 is 11.9. The normalized spacial score (nSPS) is 11.9. The first-order chi connectivity index (χ1) is 8.08. The third-order valence-corrected chi connectivity index (χ3v) is 2.21. The number of rotatable bonds is 5. The molecule has 0 radical (unpaired) electrons. The second kappa shape index (κ2) is 6.06. The van der Waals surface area contributed by atoms with E-state index >= 15 is 0 Å². The van der Waals surface area contributed by atoms with Crippen molar-refractivity contribution in [2.75, 3.05) is 13.2 Å². The minimum Gasteiger partial charge on any atom is -0.456 e. The maximum atomic E-state index is 11.8. The first-order valence-electron chi connectivity index (χ1n) is 5.43. The predicted octanol–water partition coefficient (Wildman–Crippen LogP) is 1.48. The van der Waals surface area contributed by atoms with E-state index < -0.39 is 5.97 Å². The van der Waals surface area contributed by atoms with E-state index in [0.717, 1.165) is 0 Å². The number of nitriles is 1. The highest BCUT2D eigenvalue weighted by atomic mass is 16.6. The van der Waals surface area contributed by atoms with Crippen LogP contribution < -0.4 is 0 Å². The monoisotopic (exact) mass is 236 g/mol. The predicted molar refractivity (Wildman–Crippen MR) is 61.5 cm³/mol. The van der Waals surface area contributed by atoms with Crippen LogP contribution >= 0.6 is 0 Å². The van der Waals surface area contributed by atoms with Gasteiger partial charge in [-0.3, -0.25) is 0 Å². The van der Waals surface area contributed by atoms with Crippen molar-refractivity contribution >= 4 is 5.97 Å². The highest BCUT2D eigenvalue weighted by Gasteiger charge is 2.16. The Kier molecular flexibility index (Phi) is 4.73. The third kappa shape index (κ3) is 3.61. The zero-order chi connectivity index (χ0) is 12.8. The molecule has 0 aliphatic rings. The van der Waals surface area contributed by atoms with Gasteiger partial charge in [0.15, 0.2) is 0 Å². The van der Waals surface area contributed by atoms with Crippen LogP contribution in [-0.2, 0) is 16.5 Å². The third-order valence-electron chi connectivity index (χ3n) is 2.21. The standard InChI is InChI=1S/C12H16N2O3/c1-4-16-8-9(2)17-12(15)11-5-10(6-13)7-14(11)3/h5,7,9H,4,8H2,1-3H3. The highest BCUT2D eigenvalue weighted by molar-refractivity contribution is 5.88. The van der Waals surface area contributed by atoms with Gasteiger partial charge < -0.3 is 14.0 Å². The van der Waals surface area contributed by atoms with E-state index in [1.165, 1.54) is 6.07 Å². The van der Waals surface area contributed by atoms with Gasteiger partial charge in [-0.1, -0.05) is 0 Å². The topological polar surface area (TPSA) is 64.2 Å². The molecule has 1 rings (SSSR count). The van der Waals surface area contributed by atoms with Gasteiger partial charge in [0.2, 0.25) is 0 Å². The van der Waals surface area contributed by atoms with Crippen LogP contribution in [0.15, 0.2) is 12.3 Å². The maximum Gasteiger partial charge on any atom is 0.355 e. The summed E-state index contributed by atoms with van der Waals surface area (Å²) in [5.74, 6) is -0.443. The van der Waals surface area contributed by atoms with E-state index in [1.807, 2.05) is 13.0 Å². The average Bonchev–Trinajstić information content (AvgIpc) is 2.68. The summed E-state index contributed by atoms with van der Waals surface area (Å²) in [5, 5.41) is 8.72. The van der Waals surface area contributed by atoms with Gasteiger partial charge in [-0.05, 0) is 19.9 Å². The molecule has 0 N–H and O–H groups in total. The summed E-state index contributed by atoms with van der Waals surface area (Å²) in [5.41, 5.74) is 0.807. The van der Waals surface area contributed by atoms with Crippen LogP contribution in [0.1, 0.15) is 29.9 Å². The quantitative estimate of drug-likeness (QED) is 0.726. The van der Waals surface area contributed by atoms with Crippen molar-refractivity contribution in [3.05, 3.63) is 23.5 Å². The van der Waals surface area contributed by atoms with Gasteiger partial charge in [0.25, 0.3) is 0 Å². The molecule has 0 bridgehead atoms. The molecule has 17 heavy (non-hydrogen) atoms. The lowest BCUT2D eigenvalue weighted by atomic mass is 10.3. The Morgan fingerprint density at radius 2 is 2.35 bits per heavy atom. The molecule has 0 spiro atoms. The number of nitrogens with zero attached hydrogens (tertiary/aromatic N) is 2. The molecule has 92 valence electrons. The molecule has 1 heterocycles. The van der Waals surface area contributed by atoms with Gasteiger partial charge in [0, 0.05) is 19.9 Å². The van der Waals surface area contributed by atoms with Crippen LogP contribution in [0.2, 0.25) is 0 Å². The molecular formula is C12H16N2O3. The van der Waals surface area contributed by atoms with E-state index in [-0.39, 0.29) is 6.10 Å². The molecule has 1 unspecified atom stereocenters. The van der Waals surface area contributed by atoms with Gasteiger partial charge in [-0.25, -0.2) is 4.79 Å². The Bertz CT molecular complexity index is 431. The molecule has 1 aromatic heterocycles. The van der Waals surface area contributed by atoms with Crippen molar-refractivity contribution in [3.63, 3.8) is 0 Å². The van der Waals surface area contributed by atoms with Crippen molar-refractivity contribution in [3.8, 4) is 6.07 Å². The Labute approximate surface area is 101 Å². The van der Waals surface area contributed by atoms with Crippen molar-refractivity contribution < 1.29 is 14.3 Å². The molecule has 0 saturated carbocycles. The molecule has 0 aromatic carbocycles. The maximum absolute atomic E-state index is 11.8. The minimum atomic E-state index is -0.443. The number of hydrogen-bond acceptors (Lipinski definition) is 4. The van der Waals surface area contributed by atoms with E-state index in [1.54, 1.807) is 24.7 Å². The number of carbonyl (C=O) groups is 1. The van der Waals surface area contributed by atoms with Gasteiger partial charge in [0.05, 0.1) is 12.2 Å². The first kappa shape index (κ1) is 13.3. The lowest BCUT2D eigenvalue weighted by Crippen LogP contribution is -2.21. The largest absolute Gasteiger partial charge is 0.456 e. The number of aryl methyl sites for hydroxylation is 1. The van der Waals surface area contributed by atoms with Crippen LogP contribution in [0.25, 0.3) is 0 Å². The summed E-state index contributed by atoms with van der Waals surface area (Å²) in [6, 6.07) is 3.49. The highest BCUT2D eigenvalue weighted by Crippen LogP contribution is 2.09.